The van der Waals surface area contributed by atoms with Crippen molar-refractivity contribution in [1.82, 2.24) is 5.32 Å². The second kappa shape index (κ2) is 6.26. The van der Waals surface area contributed by atoms with Crippen molar-refractivity contribution in [2.75, 3.05) is 21.3 Å². The summed E-state index contributed by atoms with van der Waals surface area (Å²) in [5, 5.41) is 12.3. The lowest BCUT2D eigenvalue weighted by molar-refractivity contribution is -0.139. The van der Waals surface area contributed by atoms with E-state index in [1.54, 1.807) is 33.1 Å². The molecule has 1 aromatic carbocycles. The van der Waals surface area contributed by atoms with Gasteiger partial charge >= 0.3 is 5.97 Å². The van der Waals surface area contributed by atoms with E-state index in [-0.39, 0.29) is 5.37 Å². The van der Waals surface area contributed by atoms with Gasteiger partial charge in [-0.25, -0.2) is 0 Å². The van der Waals surface area contributed by atoms with Gasteiger partial charge in [-0.15, -0.1) is 11.8 Å². The molecule has 1 heterocycles. The van der Waals surface area contributed by atoms with Gasteiger partial charge in [-0.2, -0.15) is 0 Å². The molecule has 1 saturated heterocycles. The molecular weight excluding hydrogens is 306 g/mol. The Morgan fingerprint density at radius 2 is 1.73 bits per heavy atom. The minimum atomic E-state index is -0.854. The number of thioether (sulfide) groups is 1. The molecule has 0 amide bonds. The maximum absolute atomic E-state index is 11.4. The predicted octanol–water partition coefficient (Wildman–Crippen LogP) is 2.28. The normalized spacial score (nSPS) is 23.1. The average Bonchev–Trinajstić information content (AvgIpc) is 2.81. The van der Waals surface area contributed by atoms with Gasteiger partial charge in [-0.05, 0) is 31.5 Å². The zero-order valence-electron chi connectivity index (χ0n) is 13.3. The molecule has 7 heteroatoms. The van der Waals surface area contributed by atoms with Gasteiger partial charge in [0.15, 0.2) is 11.5 Å². The van der Waals surface area contributed by atoms with Crippen molar-refractivity contribution in [3.8, 4) is 17.2 Å². The highest BCUT2D eigenvalue weighted by Crippen LogP contribution is 2.48. The molecule has 1 aliphatic heterocycles. The van der Waals surface area contributed by atoms with Crippen LogP contribution in [0.1, 0.15) is 24.8 Å². The van der Waals surface area contributed by atoms with E-state index in [1.807, 2.05) is 26.0 Å². The van der Waals surface area contributed by atoms with Crippen molar-refractivity contribution in [3.05, 3.63) is 17.7 Å². The molecular formula is C15H21NO5S. The summed E-state index contributed by atoms with van der Waals surface area (Å²) in [4.78, 5) is 11.4. The summed E-state index contributed by atoms with van der Waals surface area (Å²) in [6.07, 6.45) is 0. The summed E-state index contributed by atoms with van der Waals surface area (Å²) in [6.45, 7) is 3.84. The molecule has 0 saturated carbocycles. The Hall–Kier alpha value is -1.60. The Morgan fingerprint density at radius 3 is 2.09 bits per heavy atom. The minimum Gasteiger partial charge on any atom is -0.493 e. The van der Waals surface area contributed by atoms with Crippen LogP contribution >= 0.6 is 11.8 Å². The quantitative estimate of drug-likeness (QED) is 0.859. The number of benzene rings is 1. The molecule has 22 heavy (non-hydrogen) atoms. The molecule has 2 atom stereocenters. The molecule has 1 unspecified atom stereocenters. The summed E-state index contributed by atoms with van der Waals surface area (Å²) in [6, 6.07) is 3.06. The van der Waals surface area contributed by atoms with Crippen LogP contribution in [-0.2, 0) is 4.79 Å². The summed E-state index contributed by atoms with van der Waals surface area (Å²) in [7, 11) is 4.66. The number of nitrogens with one attached hydrogen (secondary N) is 1. The third kappa shape index (κ3) is 2.96. The highest BCUT2D eigenvalue weighted by atomic mass is 32.2. The number of ether oxygens (including phenoxy) is 3. The maximum atomic E-state index is 11.4. The van der Waals surface area contributed by atoms with E-state index < -0.39 is 16.8 Å². The second-order valence-electron chi connectivity index (χ2n) is 5.50. The number of hydrogen-bond donors (Lipinski definition) is 2. The lowest BCUT2D eigenvalue weighted by atomic mass is 10.0. The fourth-order valence-electron chi connectivity index (χ4n) is 2.54. The van der Waals surface area contributed by atoms with E-state index in [1.165, 1.54) is 0 Å². The zero-order chi connectivity index (χ0) is 16.5. The zero-order valence-corrected chi connectivity index (χ0v) is 14.1. The van der Waals surface area contributed by atoms with Crippen LogP contribution in [0.5, 0.6) is 17.2 Å². The van der Waals surface area contributed by atoms with Gasteiger partial charge in [0.25, 0.3) is 0 Å². The molecule has 2 N–H and O–H groups in total. The summed E-state index contributed by atoms with van der Waals surface area (Å²) >= 11 is 1.57. The van der Waals surface area contributed by atoms with Crippen LogP contribution in [0, 0.1) is 0 Å². The van der Waals surface area contributed by atoms with Gasteiger partial charge in [0.05, 0.1) is 26.7 Å². The van der Waals surface area contributed by atoms with Crippen LogP contribution in [0.2, 0.25) is 0 Å². The Morgan fingerprint density at radius 1 is 1.18 bits per heavy atom. The van der Waals surface area contributed by atoms with Crippen LogP contribution in [0.15, 0.2) is 12.1 Å². The molecule has 1 aliphatic rings. The summed E-state index contributed by atoms with van der Waals surface area (Å²) in [5.74, 6) is 0.768. The van der Waals surface area contributed by atoms with E-state index in [0.717, 1.165) is 5.56 Å². The predicted molar refractivity (Wildman–Crippen MR) is 85.1 cm³/mol. The van der Waals surface area contributed by atoms with Crippen molar-refractivity contribution in [3.63, 3.8) is 0 Å². The molecule has 0 spiro atoms. The van der Waals surface area contributed by atoms with Gasteiger partial charge in [-0.1, -0.05) is 0 Å². The van der Waals surface area contributed by atoms with E-state index in [4.69, 9.17) is 14.2 Å². The first kappa shape index (κ1) is 16.8. The van der Waals surface area contributed by atoms with Gasteiger partial charge in [0.1, 0.15) is 6.04 Å². The molecule has 6 nitrogen and oxygen atoms in total. The number of rotatable bonds is 5. The third-order valence-electron chi connectivity index (χ3n) is 3.67. The Labute approximate surface area is 134 Å². The first-order chi connectivity index (χ1) is 10.3. The third-order valence-corrected chi connectivity index (χ3v) is 5.16. The van der Waals surface area contributed by atoms with E-state index in [0.29, 0.717) is 17.2 Å². The lowest BCUT2D eigenvalue weighted by Crippen LogP contribution is -2.43. The topological polar surface area (TPSA) is 77.0 Å². The second-order valence-corrected chi connectivity index (χ2v) is 7.26. The van der Waals surface area contributed by atoms with Gasteiger partial charge in [0, 0.05) is 4.75 Å². The van der Waals surface area contributed by atoms with Gasteiger partial charge in [0.2, 0.25) is 5.75 Å². The van der Waals surface area contributed by atoms with E-state index in [2.05, 4.69) is 5.32 Å². The molecule has 2 rings (SSSR count). The largest absolute Gasteiger partial charge is 0.493 e. The highest BCUT2D eigenvalue weighted by Gasteiger charge is 2.45. The smallest absolute Gasteiger partial charge is 0.322 e. The molecule has 0 aromatic heterocycles. The summed E-state index contributed by atoms with van der Waals surface area (Å²) in [5.41, 5.74) is 0.885. The van der Waals surface area contributed by atoms with Gasteiger partial charge < -0.3 is 19.3 Å². The lowest BCUT2D eigenvalue weighted by Gasteiger charge is -2.20. The number of carbonyl (C=O) groups is 1. The van der Waals surface area contributed by atoms with E-state index in [9.17, 15) is 9.90 Å². The first-order valence-corrected chi connectivity index (χ1v) is 7.68. The number of hydrogen-bond acceptors (Lipinski definition) is 6. The number of aliphatic carboxylic acids is 1. The standard InChI is InChI=1S/C15H21NO5S/c1-15(2)12(14(17)18)16-13(22-15)8-6-9(19-3)11(21-5)10(7-8)20-4/h6-7,12-13,16H,1-5H3,(H,17,18)/t12-,13?/m0/s1. The van der Waals surface area contributed by atoms with Crippen LogP contribution in [0.4, 0.5) is 0 Å². The number of carboxylic acids is 1. The Bertz CT molecular complexity index is 550. The number of methoxy groups -OCH3 is 3. The van der Waals surface area contributed by atoms with Crippen molar-refractivity contribution in [1.29, 1.82) is 0 Å². The summed E-state index contributed by atoms with van der Waals surface area (Å²) < 4.78 is 15.6. The highest BCUT2D eigenvalue weighted by molar-refractivity contribution is 8.01. The van der Waals surface area contributed by atoms with Crippen molar-refractivity contribution < 1.29 is 24.1 Å². The van der Waals surface area contributed by atoms with Crippen LogP contribution < -0.4 is 19.5 Å². The number of carboxylic acid groups (broad SMARTS) is 1. The van der Waals surface area contributed by atoms with Crippen LogP contribution in [-0.4, -0.2) is 43.2 Å². The van der Waals surface area contributed by atoms with Crippen molar-refractivity contribution in [2.24, 2.45) is 0 Å². The molecule has 0 radical (unpaired) electrons. The molecule has 122 valence electrons. The minimum absolute atomic E-state index is 0.162. The van der Waals surface area contributed by atoms with Gasteiger partial charge in [-0.3, -0.25) is 10.1 Å². The van der Waals surface area contributed by atoms with Crippen molar-refractivity contribution in [2.45, 2.75) is 30.0 Å². The first-order valence-electron chi connectivity index (χ1n) is 6.80. The van der Waals surface area contributed by atoms with E-state index >= 15 is 0 Å². The van der Waals surface area contributed by atoms with Crippen molar-refractivity contribution >= 4 is 17.7 Å². The molecule has 1 fully saturated rings. The fraction of sp³-hybridized carbons (Fsp3) is 0.533. The molecule has 0 aliphatic carbocycles. The Balaban J connectivity index is 2.40. The fourth-order valence-corrected chi connectivity index (χ4v) is 3.93. The molecule has 1 aromatic rings. The molecule has 0 bridgehead atoms. The van der Waals surface area contributed by atoms with Crippen LogP contribution in [0.25, 0.3) is 0 Å². The monoisotopic (exact) mass is 327 g/mol. The maximum Gasteiger partial charge on any atom is 0.322 e. The average molecular weight is 327 g/mol. The Kier molecular flexibility index (Phi) is 4.77. The van der Waals surface area contributed by atoms with Crippen LogP contribution in [0.3, 0.4) is 0 Å². The SMILES string of the molecule is COc1cc(C2N[C@@H](C(=O)O)C(C)(C)S2)cc(OC)c1OC.